The molecule has 0 aliphatic rings. The Hall–Kier alpha value is -2.79. The van der Waals surface area contributed by atoms with Crippen molar-refractivity contribution >= 4 is 52.1 Å². The summed E-state index contributed by atoms with van der Waals surface area (Å²) < 4.78 is 0. The van der Waals surface area contributed by atoms with E-state index < -0.39 is 12.0 Å². The van der Waals surface area contributed by atoms with E-state index in [1.807, 2.05) is 0 Å². The minimum atomic E-state index is -1.06. The zero-order valence-corrected chi connectivity index (χ0v) is 16.7. The van der Waals surface area contributed by atoms with Crippen LogP contribution in [0.5, 0.6) is 5.75 Å². The number of carbonyl (C=O) groups is 1. The SMILES string of the molecule is CNC(=S)N/N=C(C)\C(C)=N/NC(=S)NC(Cc1ccc(O)cc1)C(=O)O. The van der Waals surface area contributed by atoms with Crippen molar-refractivity contribution in [2.24, 2.45) is 10.2 Å². The molecule has 1 unspecified atom stereocenters. The van der Waals surface area contributed by atoms with E-state index in [9.17, 15) is 15.0 Å². The van der Waals surface area contributed by atoms with Crippen LogP contribution >= 0.6 is 24.4 Å². The molecule has 0 radical (unpaired) electrons. The van der Waals surface area contributed by atoms with Gasteiger partial charge in [-0.25, -0.2) is 4.79 Å². The zero-order valence-electron chi connectivity index (χ0n) is 15.1. The molecule has 0 amide bonds. The first-order valence-corrected chi connectivity index (χ1v) is 8.68. The fourth-order valence-electron chi connectivity index (χ4n) is 1.75. The predicted octanol–water partition coefficient (Wildman–Crippen LogP) is 0.698. The van der Waals surface area contributed by atoms with Crippen LogP contribution in [0.3, 0.4) is 0 Å². The standard InChI is InChI=1S/C16H22N6O3S2/c1-9(19-21-15(26)17-3)10(2)20-22-16(27)18-13(14(24)25)8-11-4-6-12(23)7-5-11/h4-7,13,23H,8H2,1-3H3,(H,24,25)(H2,17,21,26)(H2,18,22,27)/b19-9-,20-10-. The van der Waals surface area contributed by atoms with Crippen LogP contribution in [0, 0.1) is 0 Å². The third-order valence-electron chi connectivity index (χ3n) is 3.38. The fraction of sp³-hybridized carbons (Fsp3) is 0.312. The number of rotatable bonds is 7. The molecule has 0 fully saturated rings. The van der Waals surface area contributed by atoms with Gasteiger partial charge in [0.1, 0.15) is 11.8 Å². The third kappa shape index (κ3) is 8.42. The number of hydrazone groups is 2. The number of nitrogens with one attached hydrogen (secondary N) is 4. The highest BCUT2D eigenvalue weighted by atomic mass is 32.1. The number of thiocarbonyl (C=S) groups is 2. The zero-order chi connectivity index (χ0) is 20.4. The van der Waals surface area contributed by atoms with Crippen molar-refractivity contribution < 1.29 is 15.0 Å². The van der Waals surface area contributed by atoms with Gasteiger partial charge in [-0.1, -0.05) is 12.1 Å². The van der Waals surface area contributed by atoms with Gasteiger partial charge in [0.05, 0.1) is 11.4 Å². The van der Waals surface area contributed by atoms with Crippen LogP contribution in [0.2, 0.25) is 0 Å². The Morgan fingerprint density at radius 3 is 2.07 bits per heavy atom. The minimum Gasteiger partial charge on any atom is -0.508 e. The van der Waals surface area contributed by atoms with Crippen molar-refractivity contribution in [3.63, 3.8) is 0 Å². The average molecular weight is 411 g/mol. The molecule has 6 N–H and O–H groups in total. The first kappa shape index (κ1) is 22.3. The molecule has 0 saturated carbocycles. The van der Waals surface area contributed by atoms with Crippen LogP contribution in [0.1, 0.15) is 19.4 Å². The molecule has 1 aromatic carbocycles. The molecule has 1 atom stereocenters. The van der Waals surface area contributed by atoms with Crippen LogP contribution in [-0.2, 0) is 11.2 Å². The van der Waals surface area contributed by atoms with E-state index >= 15 is 0 Å². The molecule has 146 valence electrons. The van der Waals surface area contributed by atoms with Crippen LogP contribution in [0.4, 0.5) is 0 Å². The van der Waals surface area contributed by atoms with E-state index in [0.29, 0.717) is 16.5 Å². The third-order valence-corrected chi connectivity index (χ3v) is 3.89. The van der Waals surface area contributed by atoms with Gasteiger partial charge in [-0.05, 0) is 56.0 Å². The highest BCUT2D eigenvalue weighted by Gasteiger charge is 2.19. The van der Waals surface area contributed by atoms with E-state index in [-0.39, 0.29) is 17.3 Å². The number of hydrogen-bond acceptors (Lipinski definition) is 6. The molecule has 1 aromatic rings. The van der Waals surface area contributed by atoms with E-state index in [0.717, 1.165) is 5.56 Å². The van der Waals surface area contributed by atoms with Gasteiger partial charge in [0.2, 0.25) is 0 Å². The average Bonchev–Trinajstić information content (AvgIpc) is 2.64. The Bertz CT molecular complexity index is 749. The first-order chi connectivity index (χ1) is 12.7. The number of phenols is 1. The highest BCUT2D eigenvalue weighted by molar-refractivity contribution is 7.80. The molecule has 0 heterocycles. The summed E-state index contributed by atoms with van der Waals surface area (Å²) in [6.45, 7) is 3.44. The van der Waals surface area contributed by atoms with Gasteiger partial charge in [-0.3, -0.25) is 10.9 Å². The topological polar surface area (TPSA) is 130 Å². The Labute approximate surface area is 167 Å². The highest BCUT2D eigenvalue weighted by Crippen LogP contribution is 2.11. The molecular weight excluding hydrogens is 388 g/mol. The van der Waals surface area contributed by atoms with Crippen molar-refractivity contribution in [3.05, 3.63) is 29.8 Å². The predicted molar refractivity (Wildman–Crippen MR) is 113 cm³/mol. The maximum absolute atomic E-state index is 11.4. The molecule has 0 spiro atoms. The molecule has 0 aromatic heterocycles. The van der Waals surface area contributed by atoms with Crippen molar-refractivity contribution in [1.82, 2.24) is 21.5 Å². The molecule has 0 bridgehead atoms. The van der Waals surface area contributed by atoms with Crippen molar-refractivity contribution in [2.75, 3.05) is 7.05 Å². The quantitative estimate of drug-likeness (QED) is 0.218. The maximum atomic E-state index is 11.4. The Kier molecular flexibility index (Phi) is 9.09. The Morgan fingerprint density at radius 1 is 1.07 bits per heavy atom. The van der Waals surface area contributed by atoms with Gasteiger partial charge in [-0.2, -0.15) is 10.2 Å². The lowest BCUT2D eigenvalue weighted by molar-refractivity contribution is -0.139. The number of phenolic OH excluding ortho intramolecular Hbond substituents is 1. The van der Waals surface area contributed by atoms with Crippen LogP contribution in [0.25, 0.3) is 0 Å². The number of benzene rings is 1. The van der Waals surface area contributed by atoms with E-state index in [1.54, 1.807) is 33.0 Å². The smallest absolute Gasteiger partial charge is 0.326 e. The van der Waals surface area contributed by atoms with Crippen LogP contribution in [0.15, 0.2) is 34.5 Å². The molecular formula is C16H22N6O3S2. The molecule has 11 heteroatoms. The summed E-state index contributed by atoms with van der Waals surface area (Å²) in [6, 6.07) is 5.33. The fourth-order valence-corrected chi connectivity index (χ4v) is 1.98. The molecule has 9 nitrogen and oxygen atoms in total. The van der Waals surface area contributed by atoms with Crippen molar-refractivity contribution in [3.8, 4) is 5.75 Å². The Morgan fingerprint density at radius 2 is 1.59 bits per heavy atom. The van der Waals surface area contributed by atoms with Gasteiger partial charge in [-0.15, -0.1) is 0 Å². The number of aliphatic carboxylic acids is 1. The summed E-state index contributed by atoms with van der Waals surface area (Å²) in [5, 5.41) is 32.6. The summed E-state index contributed by atoms with van der Waals surface area (Å²) in [5.41, 5.74) is 7.08. The monoisotopic (exact) mass is 410 g/mol. The minimum absolute atomic E-state index is 0.0621. The summed E-state index contributed by atoms with van der Waals surface area (Å²) in [6.07, 6.45) is 0.187. The summed E-state index contributed by atoms with van der Waals surface area (Å²) in [4.78, 5) is 11.4. The number of carboxylic acid groups (broad SMARTS) is 1. The van der Waals surface area contributed by atoms with E-state index in [1.165, 1.54) is 12.1 Å². The maximum Gasteiger partial charge on any atom is 0.326 e. The lowest BCUT2D eigenvalue weighted by atomic mass is 10.1. The number of aromatic hydroxyl groups is 1. The molecule has 0 aliphatic carbocycles. The first-order valence-electron chi connectivity index (χ1n) is 7.86. The number of hydrogen-bond donors (Lipinski definition) is 6. The van der Waals surface area contributed by atoms with Gasteiger partial charge < -0.3 is 20.8 Å². The van der Waals surface area contributed by atoms with E-state index in [4.69, 9.17) is 24.4 Å². The summed E-state index contributed by atoms with van der Waals surface area (Å²) in [7, 11) is 1.67. The lowest BCUT2D eigenvalue weighted by Gasteiger charge is -2.16. The van der Waals surface area contributed by atoms with Crippen LogP contribution < -0.4 is 21.5 Å². The summed E-state index contributed by atoms with van der Waals surface area (Å²) >= 11 is 10.0. The van der Waals surface area contributed by atoms with E-state index in [2.05, 4.69) is 31.7 Å². The van der Waals surface area contributed by atoms with Gasteiger partial charge in [0.25, 0.3) is 0 Å². The molecule has 1 rings (SSSR count). The second-order valence-corrected chi connectivity index (χ2v) is 6.25. The normalized spacial score (nSPS) is 12.7. The van der Waals surface area contributed by atoms with Crippen LogP contribution in [-0.4, -0.2) is 50.9 Å². The Balaban J connectivity index is 2.64. The van der Waals surface area contributed by atoms with Gasteiger partial charge in [0.15, 0.2) is 10.2 Å². The molecule has 0 aliphatic heterocycles. The van der Waals surface area contributed by atoms with Crippen molar-refractivity contribution in [2.45, 2.75) is 26.3 Å². The molecule has 27 heavy (non-hydrogen) atoms. The largest absolute Gasteiger partial charge is 0.508 e. The molecule has 0 saturated heterocycles. The number of nitrogens with zero attached hydrogens (tertiary/aromatic N) is 2. The lowest BCUT2D eigenvalue weighted by Crippen LogP contribution is -2.46. The number of carboxylic acids is 1. The van der Waals surface area contributed by atoms with Crippen molar-refractivity contribution in [1.29, 1.82) is 0 Å². The summed E-state index contributed by atoms with van der Waals surface area (Å²) in [5.74, 6) is -0.946. The second kappa shape index (κ2) is 11.0. The van der Waals surface area contributed by atoms with Gasteiger partial charge in [0, 0.05) is 13.5 Å². The second-order valence-electron chi connectivity index (χ2n) is 5.43. The van der Waals surface area contributed by atoms with Gasteiger partial charge >= 0.3 is 5.97 Å².